The summed E-state index contributed by atoms with van der Waals surface area (Å²) in [4.78, 5) is 25.3. The molecule has 0 amide bonds. The Morgan fingerprint density at radius 1 is 1.24 bits per heavy atom. The fraction of sp³-hybridized carbons (Fsp3) is 0.433. The fourth-order valence-electron chi connectivity index (χ4n) is 5.49. The van der Waals surface area contributed by atoms with Gasteiger partial charge in [0.1, 0.15) is 11.9 Å². The van der Waals surface area contributed by atoms with Gasteiger partial charge in [0.15, 0.2) is 10.9 Å². The van der Waals surface area contributed by atoms with Gasteiger partial charge in [-0.25, -0.2) is 4.98 Å². The van der Waals surface area contributed by atoms with Crippen LogP contribution in [0, 0.1) is 6.92 Å². The van der Waals surface area contributed by atoms with Crippen LogP contribution in [0.15, 0.2) is 30.5 Å². The third-order valence-electron chi connectivity index (χ3n) is 7.31. The van der Waals surface area contributed by atoms with E-state index in [1.54, 1.807) is 25.4 Å². The lowest BCUT2D eigenvalue weighted by Crippen LogP contribution is -2.51. The van der Waals surface area contributed by atoms with E-state index in [0.717, 1.165) is 73.8 Å². The molecule has 0 saturated carbocycles. The number of carbonyl (C=O) groups excluding carboxylic acids is 1. The molecular formula is C30H33N3O4S. The molecule has 0 unspecified atom stereocenters. The molecule has 4 aromatic rings. The predicted molar refractivity (Wildman–Crippen MR) is 152 cm³/mol. The van der Waals surface area contributed by atoms with Crippen LogP contribution in [-0.2, 0) is 20.7 Å². The lowest BCUT2D eigenvalue weighted by molar-refractivity contribution is -0.138. The molecule has 0 spiro atoms. The zero-order valence-electron chi connectivity index (χ0n) is 22.8. The molecule has 1 fully saturated rings. The number of fused-ring (bicyclic) bond motifs is 1. The molecule has 8 heteroatoms. The van der Waals surface area contributed by atoms with Crippen LogP contribution in [0.1, 0.15) is 50.5 Å². The molecule has 1 atom stereocenters. The van der Waals surface area contributed by atoms with Gasteiger partial charge in [-0.2, -0.15) is 0 Å². The summed E-state index contributed by atoms with van der Waals surface area (Å²) in [5.74, 6) is 0.826. The van der Waals surface area contributed by atoms with Crippen LogP contribution in [0.3, 0.4) is 0 Å². The lowest BCUT2D eigenvalue weighted by atomic mass is 9.88. The van der Waals surface area contributed by atoms with Crippen molar-refractivity contribution >= 4 is 43.4 Å². The number of benzene rings is 2. The molecule has 0 radical (unpaired) electrons. The highest BCUT2D eigenvalue weighted by Gasteiger charge is 2.33. The zero-order valence-corrected chi connectivity index (χ0v) is 23.6. The van der Waals surface area contributed by atoms with Gasteiger partial charge >= 0.3 is 0 Å². The number of carbonyl (C=O) groups is 1. The molecule has 198 valence electrons. The van der Waals surface area contributed by atoms with Crippen molar-refractivity contribution in [2.24, 2.45) is 0 Å². The van der Waals surface area contributed by atoms with E-state index in [1.165, 1.54) is 5.56 Å². The second-order valence-corrected chi connectivity index (χ2v) is 12.2. The SMILES string of the molecule is COC1CN(c2nc3cc(C)c([C@H](OC(C)(C)C)C(C)=O)c(-c4ccc5c6c(ccnc46)CCO5)c3s2)C1. The Morgan fingerprint density at radius 2 is 2.03 bits per heavy atom. The average Bonchev–Trinajstić information content (AvgIpc) is 3.24. The smallest absolute Gasteiger partial charge is 0.186 e. The molecule has 1 saturated heterocycles. The van der Waals surface area contributed by atoms with E-state index < -0.39 is 11.7 Å². The van der Waals surface area contributed by atoms with Crippen molar-refractivity contribution in [2.45, 2.75) is 58.8 Å². The predicted octanol–water partition coefficient (Wildman–Crippen LogP) is 6.04. The third kappa shape index (κ3) is 4.25. The van der Waals surface area contributed by atoms with Gasteiger partial charge in [0.25, 0.3) is 0 Å². The van der Waals surface area contributed by atoms with Crippen molar-refractivity contribution in [3.8, 4) is 16.9 Å². The van der Waals surface area contributed by atoms with Crippen molar-refractivity contribution in [1.29, 1.82) is 0 Å². The number of hydrogen-bond donors (Lipinski definition) is 0. The summed E-state index contributed by atoms with van der Waals surface area (Å²) < 4.78 is 19.0. The maximum absolute atomic E-state index is 13.2. The van der Waals surface area contributed by atoms with Crippen LogP contribution in [0.4, 0.5) is 5.13 Å². The van der Waals surface area contributed by atoms with E-state index in [0.29, 0.717) is 6.61 Å². The first-order valence-corrected chi connectivity index (χ1v) is 13.9. The number of ether oxygens (including phenoxy) is 3. The van der Waals surface area contributed by atoms with E-state index in [4.69, 9.17) is 24.2 Å². The van der Waals surface area contributed by atoms with E-state index in [9.17, 15) is 4.79 Å². The standard InChI is InChI=1S/C30H33N3O4S/c1-16-13-21-28(38-29(32-21)33-14-19(15-33)35-6)25(23(16)27(17(2)34)37-30(3,4)5)20-7-8-22-24-18(10-12-36-22)9-11-31-26(20)24/h7-9,11,13,19,27H,10,12,14-15H2,1-6H3/t27-/m1/s1. The molecule has 2 aliphatic heterocycles. The molecule has 0 aliphatic carbocycles. The zero-order chi connectivity index (χ0) is 26.8. The number of methoxy groups -OCH3 is 1. The number of hydrogen-bond acceptors (Lipinski definition) is 8. The number of Topliss-reactive ketones (excluding diaryl/α,β-unsaturated/α-hetero) is 1. The van der Waals surface area contributed by atoms with E-state index in [-0.39, 0.29) is 11.9 Å². The van der Waals surface area contributed by atoms with Crippen molar-refractivity contribution in [3.05, 3.63) is 47.2 Å². The van der Waals surface area contributed by atoms with Gasteiger partial charge in [0.2, 0.25) is 0 Å². The number of nitrogens with zero attached hydrogens (tertiary/aromatic N) is 3. The second kappa shape index (κ2) is 9.29. The normalized spacial score (nSPS) is 16.5. The number of aromatic nitrogens is 2. The average molecular weight is 532 g/mol. The minimum atomic E-state index is -0.719. The van der Waals surface area contributed by atoms with Gasteiger partial charge in [-0.1, -0.05) is 11.3 Å². The van der Waals surface area contributed by atoms with Crippen molar-refractivity contribution in [2.75, 3.05) is 31.7 Å². The van der Waals surface area contributed by atoms with E-state index in [1.807, 2.05) is 40.0 Å². The van der Waals surface area contributed by atoms with E-state index >= 15 is 0 Å². The van der Waals surface area contributed by atoms with Crippen LogP contribution in [0.25, 0.3) is 32.2 Å². The number of anilines is 1. The lowest BCUT2D eigenvalue weighted by Gasteiger charge is -2.37. The van der Waals surface area contributed by atoms with Crippen molar-refractivity contribution in [3.63, 3.8) is 0 Å². The van der Waals surface area contributed by atoms with Gasteiger partial charge in [-0.15, -0.1) is 0 Å². The Bertz CT molecular complexity index is 1560. The number of pyridine rings is 1. The van der Waals surface area contributed by atoms with Crippen LogP contribution >= 0.6 is 11.3 Å². The van der Waals surface area contributed by atoms with Gasteiger partial charge in [0, 0.05) is 54.9 Å². The van der Waals surface area contributed by atoms with Gasteiger partial charge in [-0.3, -0.25) is 9.78 Å². The summed E-state index contributed by atoms with van der Waals surface area (Å²) in [7, 11) is 1.75. The largest absolute Gasteiger partial charge is 0.493 e. The van der Waals surface area contributed by atoms with Crippen LogP contribution in [0.5, 0.6) is 5.75 Å². The Kier molecular flexibility index (Phi) is 6.17. The quantitative estimate of drug-likeness (QED) is 0.301. The van der Waals surface area contributed by atoms with Gasteiger partial charge in [-0.05, 0) is 70.0 Å². The minimum absolute atomic E-state index is 0.0296. The highest BCUT2D eigenvalue weighted by Crippen LogP contribution is 2.47. The topological polar surface area (TPSA) is 73.8 Å². The van der Waals surface area contributed by atoms with Gasteiger partial charge < -0.3 is 19.1 Å². The molecule has 2 aliphatic rings. The molecule has 2 aromatic carbocycles. The molecule has 7 nitrogen and oxygen atoms in total. The summed E-state index contributed by atoms with van der Waals surface area (Å²) in [6, 6.07) is 8.28. The highest BCUT2D eigenvalue weighted by molar-refractivity contribution is 7.22. The summed E-state index contributed by atoms with van der Waals surface area (Å²) in [5, 5.41) is 2.00. The van der Waals surface area contributed by atoms with Crippen LogP contribution in [0.2, 0.25) is 0 Å². The second-order valence-electron chi connectivity index (χ2n) is 11.2. The maximum atomic E-state index is 13.2. The molecule has 6 rings (SSSR count). The third-order valence-corrected chi connectivity index (χ3v) is 8.46. The number of aryl methyl sites for hydroxylation is 1. The molecule has 0 bridgehead atoms. The molecular weight excluding hydrogens is 498 g/mol. The first-order chi connectivity index (χ1) is 18.1. The summed E-state index contributed by atoms with van der Waals surface area (Å²) in [5.41, 5.74) is 6.31. The minimum Gasteiger partial charge on any atom is -0.493 e. The summed E-state index contributed by atoms with van der Waals surface area (Å²) in [6.45, 7) is 11.9. The van der Waals surface area contributed by atoms with Crippen molar-refractivity contribution < 1.29 is 19.0 Å². The molecule has 4 heterocycles. The highest BCUT2D eigenvalue weighted by atomic mass is 32.1. The first-order valence-electron chi connectivity index (χ1n) is 13.1. The van der Waals surface area contributed by atoms with Crippen LogP contribution in [-0.4, -0.2) is 54.3 Å². The molecule has 2 aromatic heterocycles. The van der Waals surface area contributed by atoms with Gasteiger partial charge in [0.05, 0.1) is 34.0 Å². The Morgan fingerprint density at radius 3 is 2.74 bits per heavy atom. The number of thiazole rings is 1. The van der Waals surface area contributed by atoms with Crippen LogP contribution < -0.4 is 9.64 Å². The Balaban J connectivity index is 1.65. The number of rotatable bonds is 6. The summed E-state index contributed by atoms with van der Waals surface area (Å²) >= 11 is 1.66. The molecule has 0 N–H and O–H groups in total. The maximum Gasteiger partial charge on any atom is 0.186 e. The van der Waals surface area contributed by atoms with Crippen molar-refractivity contribution in [1.82, 2.24) is 9.97 Å². The number of ketones is 1. The summed E-state index contributed by atoms with van der Waals surface area (Å²) in [6.07, 6.45) is 2.23. The Labute approximate surface area is 226 Å². The fourth-order valence-corrected chi connectivity index (χ4v) is 6.62. The monoisotopic (exact) mass is 531 g/mol. The Hall–Kier alpha value is -3.07. The van der Waals surface area contributed by atoms with E-state index in [2.05, 4.69) is 23.1 Å². The molecule has 38 heavy (non-hydrogen) atoms. The first kappa shape index (κ1) is 25.2.